The summed E-state index contributed by atoms with van der Waals surface area (Å²) in [6, 6.07) is 13.3. The third-order valence-corrected chi connectivity index (χ3v) is 4.22. The zero-order valence-corrected chi connectivity index (χ0v) is 17.0. The molecule has 2 rings (SSSR count). The summed E-state index contributed by atoms with van der Waals surface area (Å²) in [7, 11) is 0. The highest BCUT2D eigenvalue weighted by atomic mass is 16.2. The molecule has 0 bridgehead atoms. The van der Waals surface area contributed by atoms with Gasteiger partial charge >= 0.3 is 0 Å². The molecule has 2 aromatic carbocycles. The number of hydrogen-bond donors (Lipinski definition) is 2. The zero-order valence-electron chi connectivity index (χ0n) is 17.0. The van der Waals surface area contributed by atoms with Gasteiger partial charge in [-0.1, -0.05) is 30.3 Å². The molecule has 2 N–H and O–H groups in total. The molecule has 0 radical (unpaired) electrons. The molecule has 0 saturated heterocycles. The van der Waals surface area contributed by atoms with E-state index < -0.39 is 0 Å². The lowest BCUT2D eigenvalue weighted by Gasteiger charge is -2.25. The fourth-order valence-corrected chi connectivity index (χ4v) is 2.88. The van der Waals surface area contributed by atoms with Gasteiger partial charge in [-0.3, -0.25) is 14.4 Å². The number of amides is 3. The maximum Gasteiger partial charge on any atom is 0.251 e. The van der Waals surface area contributed by atoms with Crippen LogP contribution in [0.1, 0.15) is 44.5 Å². The average molecular weight is 383 g/mol. The van der Waals surface area contributed by atoms with E-state index in [1.54, 1.807) is 6.07 Å². The number of likely N-dealkylation sites (N-methyl/N-ethyl adjacent to an activating group) is 1. The first-order valence-electron chi connectivity index (χ1n) is 9.55. The van der Waals surface area contributed by atoms with Crippen molar-refractivity contribution in [2.24, 2.45) is 0 Å². The molecule has 28 heavy (non-hydrogen) atoms. The molecule has 0 aromatic heterocycles. The first-order chi connectivity index (χ1) is 13.2. The Labute approximate surface area is 166 Å². The number of hydrogen-bond acceptors (Lipinski definition) is 3. The van der Waals surface area contributed by atoms with E-state index in [4.69, 9.17) is 0 Å². The molecule has 2 aromatic rings. The van der Waals surface area contributed by atoms with E-state index in [-0.39, 0.29) is 42.8 Å². The number of carbonyl (C=O) groups excluding carboxylic acids is 3. The summed E-state index contributed by atoms with van der Waals surface area (Å²) in [6.07, 6.45) is 0.149. The number of fused-ring (bicyclic) bond motifs is 1. The van der Waals surface area contributed by atoms with E-state index in [1.165, 1.54) is 4.90 Å². The van der Waals surface area contributed by atoms with E-state index in [0.717, 1.165) is 10.8 Å². The molecule has 0 fully saturated rings. The summed E-state index contributed by atoms with van der Waals surface area (Å²) in [4.78, 5) is 38.2. The van der Waals surface area contributed by atoms with Crippen molar-refractivity contribution in [2.75, 3.05) is 19.6 Å². The minimum atomic E-state index is -0.340. The monoisotopic (exact) mass is 383 g/mol. The van der Waals surface area contributed by atoms with Gasteiger partial charge in [-0.25, -0.2) is 0 Å². The van der Waals surface area contributed by atoms with Crippen LogP contribution in [0.3, 0.4) is 0 Å². The summed E-state index contributed by atoms with van der Waals surface area (Å²) >= 11 is 0. The fraction of sp³-hybridized carbons (Fsp3) is 0.409. The second kappa shape index (κ2) is 9.35. The Morgan fingerprint density at radius 1 is 1.00 bits per heavy atom. The van der Waals surface area contributed by atoms with E-state index in [9.17, 15) is 14.4 Å². The van der Waals surface area contributed by atoms with Crippen LogP contribution in [0.4, 0.5) is 0 Å². The number of nitrogens with zero attached hydrogens (tertiary/aromatic N) is 1. The molecule has 0 heterocycles. The Morgan fingerprint density at radius 2 is 1.68 bits per heavy atom. The van der Waals surface area contributed by atoms with Crippen molar-refractivity contribution in [3.8, 4) is 0 Å². The van der Waals surface area contributed by atoms with Crippen molar-refractivity contribution in [1.82, 2.24) is 15.5 Å². The molecule has 6 heteroatoms. The van der Waals surface area contributed by atoms with E-state index >= 15 is 0 Å². The summed E-state index contributed by atoms with van der Waals surface area (Å²) in [6.45, 7) is 8.19. The molecule has 0 unspecified atom stereocenters. The maximum atomic E-state index is 12.4. The third kappa shape index (κ3) is 6.37. The van der Waals surface area contributed by atoms with Crippen molar-refractivity contribution >= 4 is 28.5 Å². The molecular weight excluding hydrogens is 354 g/mol. The van der Waals surface area contributed by atoms with Crippen molar-refractivity contribution in [3.05, 3.63) is 48.0 Å². The van der Waals surface area contributed by atoms with Crippen LogP contribution in [-0.4, -0.2) is 47.8 Å². The van der Waals surface area contributed by atoms with E-state index in [1.807, 2.05) is 64.1 Å². The topological polar surface area (TPSA) is 78.5 Å². The molecular formula is C22H29N3O3. The molecule has 0 aliphatic heterocycles. The Bertz CT molecular complexity index is 855. The van der Waals surface area contributed by atoms with Gasteiger partial charge < -0.3 is 15.5 Å². The van der Waals surface area contributed by atoms with Gasteiger partial charge in [-0.05, 0) is 50.6 Å². The largest absolute Gasteiger partial charge is 0.352 e. The fourth-order valence-electron chi connectivity index (χ4n) is 2.88. The summed E-state index contributed by atoms with van der Waals surface area (Å²) in [5.41, 5.74) is 0.218. The van der Waals surface area contributed by atoms with Crippen LogP contribution in [0, 0.1) is 0 Å². The molecule has 0 aliphatic rings. The normalized spacial score (nSPS) is 11.1. The third-order valence-electron chi connectivity index (χ3n) is 4.22. The highest BCUT2D eigenvalue weighted by molar-refractivity contribution is 5.98. The lowest BCUT2D eigenvalue weighted by molar-refractivity contribution is -0.136. The molecule has 3 amide bonds. The van der Waals surface area contributed by atoms with Gasteiger partial charge in [-0.2, -0.15) is 0 Å². The van der Waals surface area contributed by atoms with Gasteiger partial charge in [0.05, 0.1) is 6.54 Å². The van der Waals surface area contributed by atoms with Crippen molar-refractivity contribution in [1.29, 1.82) is 0 Å². The second-order valence-electron chi connectivity index (χ2n) is 7.77. The van der Waals surface area contributed by atoms with Crippen LogP contribution in [0.5, 0.6) is 0 Å². The van der Waals surface area contributed by atoms with E-state index in [0.29, 0.717) is 12.1 Å². The Hall–Kier alpha value is -2.89. The second-order valence-corrected chi connectivity index (χ2v) is 7.77. The lowest BCUT2D eigenvalue weighted by atomic mass is 10.1. The predicted octanol–water partition coefficient (Wildman–Crippen LogP) is 2.72. The zero-order chi connectivity index (χ0) is 20.7. The molecule has 150 valence electrons. The summed E-state index contributed by atoms with van der Waals surface area (Å²) in [5.74, 6) is -0.569. The van der Waals surface area contributed by atoms with Gasteiger partial charge in [0, 0.05) is 30.6 Å². The minimum Gasteiger partial charge on any atom is -0.352 e. The molecule has 0 aliphatic carbocycles. The van der Waals surface area contributed by atoms with Crippen LogP contribution in [-0.2, 0) is 9.59 Å². The Morgan fingerprint density at radius 3 is 2.32 bits per heavy atom. The van der Waals surface area contributed by atoms with Gasteiger partial charge in [-0.15, -0.1) is 0 Å². The number of carbonyl (C=O) groups is 3. The van der Waals surface area contributed by atoms with Crippen molar-refractivity contribution in [2.45, 2.75) is 39.7 Å². The van der Waals surface area contributed by atoms with E-state index in [2.05, 4.69) is 10.6 Å². The number of benzene rings is 2. The lowest BCUT2D eigenvalue weighted by Crippen LogP contribution is -2.47. The van der Waals surface area contributed by atoms with Crippen molar-refractivity contribution < 1.29 is 14.4 Å². The smallest absolute Gasteiger partial charge is 0.251 e. The highest BCUT2D eigenvalue weighted by Gasteiger charge is 2.19. The first kappa shape index (κ1) is 21.4. The Kier molecular flexibility index (Phi) is 7.15. The minimum absolute atomic E-state index is 0.0191. The average Bonchev–Trinajstić information content (AvgIpc) is 2.64. The summed E-state index contributed by atoms with van der Waals surface area (Å²) in [5, 5.41) is 7.69. The van der Waals surface area contributed by atoms with Crippen LogP contribution >= 0.6 is 0 Å². The highest BCUT2D eigenvalue weighted by Crippen LogP contribution is 2.15. The number of rotatable bonds is 7. The maximum absolute atomic E-state index is 12.4. The molecule has 0 saturated carbocycles. The summed E-state index contributed by atoms with van der Waals surface area (Å²) < 4.78 is 0. The van der Waals surface area contributed by atoms with Gasteiger partial charge in [0.25, 0.3) is 5.91 Å². The quantitative estimate of drug-likeness (QED) is 0.772. The van der Waals surface area contributed by atoms with Crippen LogP contribution < -0.4 is 10.6 Å². The molecule has 0 atom stereocenters. The molecule has 6 nitrogen and oxygen atoms in total. The standard InChI is InChI=1S/C22H29N3O3/c1-5-25(15-19(26)24-22(2,3)4)20(27)12-13-23-21(28)18-11-10-16-8-6-7-9-17(16)14-18/h6-11,14H,5,12-13,15H2,1-4H3,(H,23,28)(H,24,26). The van der Waals surface area contributed by atoms with Crippen LogP contribution in [0.25, 0.3) is 10.8 Å². The van der Waals surface area contributed by atoms with Crippen LogP contribution in [0.15, 0.2) is 42.5 Å². The number of nitrogens with one attached hydrogen (secondary N) is 2. The molecule has 0 spiro atoms. The Balaban J connectivity index is 1.85. The van der Waals surface area contributed by atoms with Gasteiger partial charge in [0.15, 0.2) is 0 Å². The SMILES string of the molecule is CCN(CC(=O)NC(C)(C)C)C(=O)CCNC(=O)c1ccc2ccccc2c1. The van der Waals surface area contributed by atoms with Gasteiger partial charge in [0.1, 0.15) is 0 Å². The predicted molar refractivity (Wildman–Crippen MR) is 111 cm³/mol. The first-order valence-corrected chi connectivity index (χ1v) is 9.55. The van der Waals surface area contributed by atoms with Gasteiger partial charge in [0.2, 0.25) is 11.8 Å². The van der Waals surface area contributed by atoms with Crippen LogP contribution in [0.2, 0.25) is 0 Å². The van der Waals surface area contributed by atoms with Crippen molar-refractivity contribution in [3.63, 3.8) is 0 Å².